The smallest absolute Gasteiger partial charge is 0.355 e. The van der Waals surface area contributed by atoms with E-state index in [1.165, 1.54) is 0 Å². The molecule has 0 aromatic carbocycles. The fourth-order valence-corrected chi connectivity index (χ4v) is 3.21. The minimum absolute atomic E-state index is 0.0702. The van der Waals surface area contributed by atoms with Gasteiger partial charge in [-0.05, 0) is 44.9 Å². The fourth-order valence-electron chi connectivity index (χ4n) is 2.18. The molecule has 0 unspecified atom stereocenters. The third-order valence-corrected chi connectivity index (χ3v) is 5.16. The molecule has 0 aromatic heterocycles. The molecule has 0 aromatic rings. The van der Waals surface area contributed by atoms with Crippen molar-refractivity contribution in [3.8, 4) is 0 Å². The first-order chi connectivity index (χ1) is 14.5. The van der Waals surface area contributed by atoms with Crippen LogP contribution < -0.4 is 5.32 Å². The lowest BCUT2D eigenvalue weighted by atomic mass is 10.2. The van der Waals surface area contributed by atoms with E-state index in [0.29, 0.717) is 25.0 Å². The molecule has 1 amide bonds. The molecule has 0 saturated heterocycles. The molecule has 30 heavy (non-hydrogen) atoms. The molecule has 0 aliphatic carbocycles. The second kappa shape index (κ2) is 20.9. The topological polar surface area (TPSA) is 95.9 Å². The van der Waals surface area contributed by atoms with Gasteiger partial charge in [-0.2, -0.15) is 0 Å². The van der Waals surface area contributed by atoms with Gasteiger partial charge in [-0.1, -0.05) is 67.7 Å². The third-order valence-electron chi connectivity index (χ3n) is 3.59. The van der Waals surface area contributed by atoms with E-state index in [1.807, 2.05) is 0 Å². The number of phosphoric acid groups is 1. The van der Waals surface area contributed by atoms with Crippen LogP contribution in [0.1, 0.15) is 58.3 Å². The van der Waals surface area contributed by atoms with E-state index in [-0.39, 0.29) is 11.7 Å². The highest BCUT2D eigenvalue weighted by atomic mass is 32.2. The zero-order valence-electron chi connectivity index (χ0n) is 17.8. The Labute approximate surface area is 185 Å². The van der Waals surface area contributed by atoms with Crippen LogP contribution in [0.4, 0.5) is 0 Å². The molecule has 0 heterocycles. The first kappa shape index (κ1) is 28.6. The standard InChI is InChI=1S/C22H36NO5PS/c1-2-3-4-5-6-7-8-9-10-11-12-13-14-15-16-17-18-19-22(24)23-20-21-30-28-29(25,26)27/h3-4,6-7,9-10,12-13,15-16H,2,5,8,11,14,17-21H2,1H3,(H,23,24)(H2,25,26,27)/b4-3?,7-6?,10-9?,13-12?,16-15-. The van der Waals surface area contributed by atoms with E-state index in [4.69, 9.17) is 9.79 Å². The van der Waals surface area contributed by atoms with Crippen molar-refractivity contribution >= 4 is 25.8 Å². The van der Waals surface area contributed by atoms with E-state index in [0.717, 1.165) is 44.9 Å². The molecule has 0 aliphatic heterocycles. The normalized spacial score (nSPS) is 13.0. The number of nitrogens with one attached hydrogen (secondary N) is 1. The predicted molar refractivity (Wildman–Crippen MR) is 127 cm³/mol. The molecule has 0 rings (SSSR count). The number of carbonyl (C=O) groups excluding carboxylic acids is 1. The van der Waals surface area contributed by atoms with Crippen LogP contribution in [0.2, 0.25) is 0 Å². The molecular weight excluding hydrogens is 421 g/mol. The van der Waals surface area contributed by atoms with E-state index in [1.54, 1.807) is 0 Å². The zero-order chi connectivity index (χ0) is 22.3. The summed E-state index contributed by atoms with van der Waals surface area (Å²) in [7, 11) is -4.45. The van der Waals surface area contributed by atoms with Crippen LogP contribution in [-0.4, -0.2) is 28.0 Å². The van der Waals surface area contributed by atoms with Crippen LogP contribution >= 0.6 is 19.9 Å². The number of allylic oxidation sites excluding steroid dienone is 10. The second-order valence-electron chi connectivity index (χ2n) is 6.34. The summed E-state index contributed by atoms with van der Waals surface area (Å²) >= 11 is 0.648. The van der Waals surface area contributed by atoms with Gasteiger partial charge >= 0.3 is 7.82 Å². The van der Waals surface area contributed by atoms with Gasteiger partial charge in [0, 0.05) is 30.8 Å². The summed E-state index contributed by atoms with van der Waals surface area (Å²) < 4.78 is 14.7. The monoisotopic (exact) mass is 457 g/mol. The Hall–Kier alpha value is -1.37. The van der Waals surface area contributed by atoms with E-state index in [9.17, 15) is 9.36 Å². The summed E-state index contributed by atoms with van der Waals surface area (Å²) in [6, 6.07) is 0. The summed E-state index contributed by atoms with van der Waals surface area (Å²) in [6.45, 7) is 2.45. The Kier molecular flexibility index (Phi) is 19.9. The van der Waals surface area contributed by atoms with Crippen molar-refractivity contribution in [3.63, 3.8) is 0 Å². The van der Waals surface area contributed by atoms with Gasteiger partial charge in [0.15, 0.2) is 0 Å². The molecule has 0 bridgehead atoms. The average Bonchev–Trinajstić information content (AvgIpc) is 2.69. The van der Waals surface area contributed by atoms with Crippen LogP contribution in [0.25, 0.3) is 0 Å². The average molecular weight is 458 g/mol. The first-order valence-electron chi connectivity index (χ1n) is 10.3. The summed E-state index contributed by atoms with van der Waals surface area (Å²) in [6.07, 6.45) is 28.5. The van der Waals surface area contributed by atoms with Crippen molar-refractivity contribution in [2.24, 2.45) is 0 Å². The predicted octanol–water partition coefficient (Wildman–Crippen LogP) is 5.78. The Bertz CT molecular complexity index is 623. The number of amides is 1. The van der Waals surface area contributed by atoms with Gasteiger partial charge in [0.05, 0.1) is 0 Å². The van der Waals surface area contributed by atoms with Gasteiger partial charge in [-0.25, -0.2) is 8.54 Å². The number of hydrogen-bond acceptors (Lipinski definition) is 4. The van der Waals surface area contributed by atoms with Gasteiger partial charge in [0.1, 0.15) is 0 Å². The largest absolute Gasteiger partial charge is 0.480 e. The maximum atomic E-state index is 11.6. The van der Waals surface area contributed by atoms with E-state index >= 15 is 0 Å². The molecule has 6 nitrogen and oxygen atoms in total. The molecule has 170 valence electrons. The Morgan fingerprint density at radius 3 is 1.90 bits per heavy atom. The van der Waals surface area contributed by atoms with Gasteiger partial charge < -0.3 is 15.1 Å². The fraction of sp³-hybridized carbons (Fsp3) is 0.500. The van der Waals surface area contributed by atoms with Crippen LogP contribution in [0.15, 0.2) is 60.8 Å². The highest BCUT2D eigenvalue weighted by Gasteiger charge is 2.13. The Balaban J connectivity index is 3.53. The maximum absolute atomic E-state index is 11.6. The lowest BCUT2D eigenvalue weighted by molar-refractivity contribution is -0.121. The maximum Gasteiger partial charge on any atom is 0.480 e. The molecule has 0 fully saturated rings. The van der Waals surface area contributed by atoms with Crippen LogP contribution in [0, 0.1) is 0 Å². The molecule has 0 radical (unpaired) electrons. The summed E-state index contributed by atoms with van der Waals surface area (Å²) in [5.74, 6) is 0.213. The zero-order valence-corrected chi connectivity index (χ0v) is 19.5. The highest BCUT2D eigenvalue weighted by molar-refractivity contribution is 7.97. The summed E-state index contributed by atoms with van der Waals surface area (Å²) in [5, 5.41) is 2.68. The first-order valence-corrected chi connectivity index (χ1v) is 12.8. The van der Waals surface area contributed by atoms with Crippen molar-refractivity contribution in [2.75, 3.05) is 12.3 Å². The molecule has 0 aliphatic rings. The summed E-state index contributed by atoms with van der Waals surface area (Å²) in [4.78, 5) is 28.6. The van der Waals surface area contributed by atoms with E-state index < -0.39 is 7.82 Å². The number of hydrogen-bond donors (Lipinski definition) is 3. The van der Waals surface area contributed by atoms with Crippen molar-refractivity contribution in [2.45, 2.75) is 58.3 Å². The lowest BCUT2D eigenvalue weighted by Crippen LogP contribution is -2.25. The van der Waals surface area contributed by atoms with Crippen molar-refractivity contribution in [1.29, 1.82) is 0 Å². The van der Waals surface area contributed by atoms with E-state index in [2.05, 4.69) is 77.0 Å². The summed E-state index contributed by atoms with van der Waals surface area (Å²) in [5.41, 5.74) is 0. The molecule has 0 spiro atoms. The van der Waals surface area contributed by atoms with Crippen LogP contribution in [0.3, 0.4) is 0 Å². The number of carbonyl (C=O) groups is 1. The SMILES string of the molecule is CCC=CCC=CCC=CCC=CC/C=C\CCCC(=O)NCCSOP(=O)(O)O. The molecule has 8 heteroatoms. The lowest BCUT2D eigenvalue weighted by Gasteiger charge is -2.05. The van der Waals surface area contributed by atoms with Gasteiger partial charge in [0.25, 0.3) is 0 Å². The van der Waals surface area contributed by atoms with Gasteiger partial charge in [0.2, 0.25) is 5.91 Å². The highest BCUT2D eigenvalue weighted by Crippen LogP contribution is 2.40. The van der Waals surface area contributed by atoms with Crippen LogP contribution in [0.5, 0.6) is 0 Å². The van der Waals surface area contributed by atoms with Crippen molar-refractivity contribution in [1.82, 2.24) is 5.32 Å². The quantitative estimate of drug-likeness (QED) is 0.104. The Morgan fingerprint density at radius 2 is 1.40 bits per heavy atom. The van der Waals surface area contributed by atoms with Crippen molar-refractivity contribution in [3.05, 3.63) is 60.8 Å². The molecule has 0 atom stereocenters. The molecule has 3 N–H and O–H groups in total. The third kappa shape index (κ3) is 24.7. The van der Waals surface area contributed by atoms with Crippen molar-refractivity contribution < 1.29 is 23.1 Å². The van der Waals surface area contributed by atoms with Crippen LogP contribution in [-0.2, 0) is 13.3 Å². The number of rotatable bonds is 18. The number of unbranched alkanes of at least 4 members (excludes halogenated alkanes) is 1. The minimum atomic E-state index is -4.45. The van der Waals surface area contributed by atoms with Gasteiger partial charge in [-0.3, -0.25) is 4.79 Å². The minimum Gasteiger partial charge on any atom is -0.355 e. The Morgan fingerprint density at radius 1 is 0.900 bits per heavy atom. The van der Waals surface area contributed by atoms with Gasteiger partial charge in [-0.15, -0.1) is 0 Å². The molecular formula is C22H36NO5PS. The molecule has 0 saturated carbocycles. The second-order valence-corrected chi connectivity index (χ2v) is 8.56.